The summed E-state index contributed by atoms with van der Waals surface area (Å²) in [4.78, 5) is 0. The van der Waals surface area contributed by atoms with Crippen LogP contribution in [0.15, 0.2) is 30.9 Å². The summed E-state index contributed by atoms with van der Waals surface area (Å²) in [5.41, 5.74) is 0. The fourth-order valence-electron chi connectivity index (χ4n) is 1.55. The SMILES string of the molecule is [CH]=CCC=CCCCCCCCCC=C. The molecule has 0 N–H and O–H groups in total. The lowest BCUT2D eigenvalue weighted by Gasteiger charge is -1.98. The quantitative estimate of drug-likeness (QED) is 0.320. The Morgan fingerprint density at radius 1 is 0.800 bits per heavy atom. The van der Waals surface area contributed by atoms with Crippen molar-refractivity contribution in [2.45, 2.75) is 57.8 Å². The second-order valence-electron chi connectivity index (χ2n) is 3.93. The number of hydrogen-bond donors (Lipinski definition) is 0. The molecule has 0 saturated heterocycles. The summed E-state index contributed by atoms with van der Waals surface area (Å²) in [6, 6.07) is 0. The first-order chi connectivity index (χ1) is 7.41. The minimum Gasteiger partial charge on any atom is -0.103 e. The van der Waals surface area contributed by atoms with Crippen LogP contribution in [0.3, 0.4) is 0 Å². The fraction of sp³-hybridized carbons (Fsp3) is 0.600. The van der Waals surface area contributed by atoms with Gasteiger partial charge in [0.1, 0.15) is 0 Å². The molecule has 85 valence electrons. The van der Waals surface area contributed by atoms with Crippen LogP contribution in [0.2, 0.25) is 0 Å². The molecule has 0 heteroatoms. The van der Waals surface area contributed by atoms with Crippen LogP contribution in [0.25, 0.3) is 0 Å². The lowest BCUT2D eigenvalue weighted by atomic mass is 10.1. The summed E-state index contributed by atoms with van der Waals surface area (Å²) in [5, 5.41) is 0. The molecule has 0 unspecified atom stereocenters. The highest BCUT2D eigenvalue weighted by Gasteiger charge is 1.89. The van der Waals surface area contributed by atoms with Gasteiger partial charge in [-0.1, -0.05) is 56.6 Å². The smallest absolute Gasteiger partial charge is 0.0166 e. The molecule has 0 saturated carbocycles. The van der Waals surface area contributed by atoms with E-state index in [-0.39, 0.29) is 0 Å². The van der Waals surface area contributed by atoms with Gasteiger partial charge in [-0.15, -0.1) is 6.58 Å². The van der Waals surface area contributed by atoms with Gasteiger partial charge in [0.05, 0.1) is 0 Å². The van der Waals surface area contributed by atoms with E-state index in [4.69, 9.17) is 6.58 Å². The summed E-state index contributed by atoms with van der Waals surface area (Å²) < 4.78 is 0. The predicted octanol–water partition coefficient (Wildman–Crippen LogP) is 5.23. The van der Waals surface area contributed by atoms with Gasteiger partial charge in [0.15, 0.2) is 0 Å². The molecule has 0 aliphatic rings. The van der Waals surface area contributed by atoms with E-state index in [9.17, 15) is 0 Å². The minimum atomic E-state index is 0.904. The number of rotatable bonds is 11. The van der Waals surface area contributed by atoms with Gasteiger partial charge in [0.25, 0.3) is 0 Å². The van der Waals surface area contributed by atoms with E-state index in [2.05, 4.69) is 18.7 Å². The molecule has 0 aromatic rings. The maximum Gasteiger partial charge on any atom is -0.0166 e. The van der Waals surface area contributed by atoms with Gasteiger partial charge in [-0.3, -0.25) is 0 Å². The maximum absolute atomic E-state index is 5.27. The average Bonchev–Trinajstić information content (AvgIpc) is 2.26. The monoisotopic (exact) mass is 205 g/mol. The molecule has 0 aromatic heterocycles. The second kappa shape index (κ2) is 13.2. The molecule has 0 aliphatic heterocycles. The van der Waals surface area contributed by atoms with Gasteiger partial charge in [0, 0.05) is 0 Å². The standard InChI is InChI=1S/C15H25/c1-3-5-7-9-11-13-15-14-12-10-8-6-4-2/h1,3-4,7,9H,2,5-6,8,10-15H2. The van der Waals surface area contributed by atoms with Crippen LogP contribution in [0.4, 0.5) is 0 Å². The second-order valence-corrected chi connectivity index (χ2v) is 3.93. The largest absolute Gasteiger partial charge is 0.103 e. The van der Waals surface area contributed by atoms with E-state index in [0.29, 0.717) is 0 Å². The number of allylic oxidation sites excluding steroid dienone is 4. The van der Waals surface area contributed by atoms with Gasteiger partial charge in [-0.25, -0.2) is 0 Å². The third-order valence-corrected chi connectivity index (χ3v) is 2.47. The number of hydrogen-bond acceptors (Lipinski definition) is 0. The predicted molar refractivity (Wildman–Crippen MR) is 69.8 cm³/mol. The van der Waals surface area contributed by atoms with Crippen LogP contribution >= 0.6 is 0 Å². The van der Waals surface area contributed by atoms with Crippen molar-refractivity contribution in [2.75, 3.05) is 0 Å². The van der Waals surface area contributed by atoms with Gasteiger partial charge in [-0.2, -0.15) is 0 Å². The van der Waals surface area contributed by atoms with E-state index in [1.54, 1.807) is 6.08 Å². The summed E-state index contributed by atoms with van der Waals surface area (Å²) >= 11 is 0. The lowest BCUT2D eigenvalue weighted by molar-refractivity contribution is 0.600. The zero-order chi connectivity index (χ0) is 11.2. The highest BCUT2D eigenvalue weighted by Crippen LogP contribution is 2.09. The third kappa shape index (κ3) is 13.2. The molecule has 0 atom stereocenters. The Labute approximate surface area is 95.8 Å². The molecule has 0 nitrogen and oxygen atoms in total. The Bertz CT molecular complexity index is 165. The zero-order valence-corrected chi connectivity index (χ0v) is 9.96. The van der Waals surface area contributed by atoms with E-state index >= 15 is 0 Å². The Balaban J connectivity index is 2.98. The highest BCUT2D eigenvalue weighted by atomic mass is 14.0. The number of unbranched alkanes of at least 4 members (excludes halogenated alkanes) is 7. The molecule has 0 amide bonds. The Kier molecular flexibility index (Phi) is 12.5. The van der Waals surface area contributed by atoms with Crippen molar-refractivity contribution < 1.29 is 0 Å². The summed E-state index contributed by atoms with van der Waals surface area (Å²) in [6.45, 7) is 8.99. The summed E-state index contributed by atoms with van der Waals surface area (Å²) in [7, 11) is 0. The topological polar surface area (TPSA) is 0 Å². The maximum atomic E-state index is 5.27. The fourth-order valence-corrected chi connectivity index (χ4v) is 1.55. The molecule has 15 heavy (non-hydrogen) atoms. The normalized spacial score (nSPS) is 10.7. The van der Waals surface area contributed by atoms with Crippen LogP contribution < -0.4 is 0 Å². The molecule has 0 rings (SSSR count). The van der Waals surface area contributed by atoms with Crippen LogP contribution in [0.5, 0.6) is 0 Å². The summed E-state index contributed by atoms with van der Waals surface area (Å²) in [5.74, 6) is 0. The molecule has 0 fully saturated rings. The summed E-state index contributed by atoms with van der Waals surface area (Å²) in [6.07, 6.45) is 19.5. The Morgan fingerprint density at radius 3 is 2.00 bits per heavy atom. The Morgan fingerprint density at radius 2 is 1.40 bits per heavy atom. The van der Waals surface area contributed by atoms with E-state index < -0.39 is 0 Å². The van der Waals surface area contributed by atoms with E-state index in [1.807, 2.05) is 6.08 Å². The average molecular weight is 205 g/mol. The van der Waals surface area contributed by atoms with E-state index in [0.717, 1.165) is 6.42 Å². The van der Waals surface area contributed by atoms with E-state index in [1.165, 1.54) is 51.4 Å². The first kappa shape index (κ1) is 14.2. The molecular formula is C15H25. The highest BCUT2D eigenvalue weighted by molar-refractivity contribution is 4.86. The molecule has 0 heterocycles. The first-order valence-electron chi connectivity index (χ1n) is 6.21. The third-order valence-electron chi connectivity index (χ3n) is 2.47. The van der Waals surface area contributed by atoms with Crippen molar-refractivity contribution in [3.63, 3.8) is 0 Å². The molecule has 1 radical (unpaired) electrons. The van der Waals surface area contributed by atoms with Crippen molar-refractivity contribution in [3.05, 3.63) is 37.5 Å². The zero-order valence-electron chi connectivity index (χ0n) is 9.96. The van der Waals surface area contributed by atoms with Gasteiger partial charge < -0.3 is 0 Å². The molecule has 0 aliphatic carbocycles. The van der Waals surface area contributed by atoms with Crippen LogP contribution in [0.1, 0.15) is 57.8 Å². The van der Waals surface area contributed by atoms with Crippen molar-refractivity contribution in [1.82, 2.24) is 0 Å². The van der Waals surface area contributed by atoms with Crippen LogP contribution in [-0.4, -0.2) is 0 Å². The molecule has 0 bridgehead atoms. The first-order valence-corrected chi connectivity index (χ1v) is 6.21. The van der Waals surface area contributed by atoms with Crippen molar-refractivity contribution >= 4 is 0 Å². The Hall–Kier alpha value is -0.780. The minimum absolute atomic E-state index is 0.904. The van der Waals surface area contributed by atoms with Crippen LogP contribution in [0, 0.1) is 6.58 Å². The van der Waals surface area contributed by atoms with Crippen molar-refractivity contribution in [2.24, 2.45) is 0 Å². The molecule has 0 aromatic carbocycles. The van der Waals surface area contributed by atoms with Crippen molar-refractivity contribution in [3.8, 4) is 0 Å². The van der Waals surface area contributed by atoms with Gasteiger partial charge in [0.2, 0.25) is 0 Å². The van der Waals surface area contributed by atoms with Crippen molar-refractivity contribution in [1.29, 1.82) is 0 Å². The molecule has 0 spiro atoms. The van der Waals surface area contributed by atoms with Crippen LogP contribution in [-0.2, 0) is 0 Å². The molecular weight excluding hydrogens is 180 g/mol. The lowest BCUT2D eigenvalue weighted by Crippen LogP contribution is -1.79. The van der Waals surface area contributed by atoms with Gasteiger partial charge >= 0.3 is 0 Å². The van der Waals surface area contributed by atoms with Gasteiger partial charge in [-0.05, 0) is 32.1 Å².